The molecule has 0 aromatic rings. The van der Waals surface area contributed by atoms with Gasteiger partial charge in [0.1, 0.15) is 0 Å². The van der Waals surface area contributed by atoms with Crippen LogP contribution in [0.2, 0.25) is 0 Å². The van der Waals surface area contributed by atoms with Crippen molar-refractivity contribution in [3.8, 4) is 0 Å². The predicted molar refractivity (Wildman–Crippen MR) is 81.5 cm³/mol. The summed E-state index contributed by atoms with van der Waals surface area (Å²) in [6, 6.07) is 0. The standard InChI is InChI=1S/C17H32O2/c1-13-10-8-9-11-14(18-16(2,3)4)15(12-13)19-17(5,6)7/h10,14-15H,8-9,11-12H2,1-7H3/b13-10-. The molecule has 0 saturated carbocycles. The van der Waals surface area contributed by atoms with Crippen LogP contribution in [0.25, 0.3) is 0 Å². The van der Waals surface area contributed by atoms with E-state index >= 15 is 0 Å². The fourth-order valence-electron chi connectivity index (χ4n) is 2.55. The second-order valence-electron chi connectivity index (χ2n) is 7.72. The van der Waals surface area contributed by atoms with E-state index in [0.717, 1.165) is 19.3 Å². The van der Waals surface area contributed by atoms with Crippen LogP contribution in [-0.2, 0) is 9.47 Å². The predicted octanol–water partition coefficient (Wildman–Crippen LogP) is 4.87. The summed E-state index contributed by atoms with van der Waals surface area (Å²) in [6.07, 6.45) is 7.13. The van der Waals surface area contributed by atoms with Crippen LogP contribution in [0.3, 0.4) is 0 Å². The molecular weight excluding hydrogens is 236 g/mol. The highest BCUT2D eigenvalue weighted by molar-refractivity contribution is 5.03. The van der Waals surface area contributed by atoms with Crippen LogP contribution in [0, 0.1) is 0 Å². The quantitative estimate of drug-likeness (QED) is 0.665. The molecule has 2 unspecified atom stereocenters. The van der Waals surface area contributed by atoms with Crippen molar-refractivity contribution in [2.45, 2.75) is 97.6 Å². The van der Waals surface area contributed by atoms with E-state index in [-0.39, 0.29) is 23.4 Å². The lowest BCUT2D eigenvalue weighted by Crippen LogP contribution is -2.42. The van der Waals surface area contributed by atoms with Gasteiger partial charge in [-0.15, -0.1) is 0 Å². The molecule has 0 saturated heterocycles. The maximum absolute atomic E-state index is 6.28. The molecule has 0 amide bonds. The third-order valence-corrected chi connectivity index (χ3v) is 3.13. The zero-order valence-electron chi connectivity index (χ0n) is 13.9. The molecule has 0 aliphatic heterocycles. The molecule has 0 radical (unpaired) electrons. The zero-order chi connectivity index (χ0) is 14.7. The Bertz CT molecular complexity index is 304. The topological polar surface area (TPSA) is 18.5 Å². The van der Waals surface area contributed by atoms with Crippen LogP contribution >= 0.6 is 0 Å². The van der Waals surface area contributed by atoms with E-state index in [1.54, 1.807) is 0 Å². The number of allylic oxidation sites excluding steroid dienone is 1. The van der Waals surface area contributed by atoms with Crippen LogP contribution < -0.4 is 0 Å². The maximum atomic E-state index is 6.28. The van der Waals surface area contributed by atoms with Gasteiger partial charge in [-0.1, -0.05) is 11.6 Å². The van der Waals surface area contributed by atoms with E-state index in [1.165, 1.54) is 12.0 Å². The molecule has 0 bridgehead atoms. The van der Waals surface area contributed by atoms with E-state index in [9.17, 15) is 0 Å². The minimum Gasteiger partial charge on any atom is -0.370 e. The van der Waals surface area contributed by atoms with Crippen molar-refractivity contribution >= 4 is 0 Å². The highest BCUT2D eigenvalue weighted by atomic mass is 16.6. The van der Waals surface area contributed by atoms with E-state index < -0.39 is 0 Å². The first-order chi connectivity index (χ1) is 8.57. The van der Waals surface area contributed by atoms with Crippen LogP contribution in [-0.4, -0.2) is 23.4 Å². The Hall–Kier alpha value is -0.340. The Balaban J connectivity index is 2.84. The number of ether oxygens (including phenoxy) is 2. The van der Waals surface area contributed by atoms with Crippen molar-refractivity contribution in [1.82, 2.24) is 0 Å². The SMILES string of the molecule is C/C1=C/CCCC(OC(C)(C)C)C(OC(C)(C)C)C1. The van der Waals surface area contributed by atoms with Gasteiger partial charge in [0.2, 0.25) is 0 Å². The van der Waals surface area contributed by atoms with Gasteiger partial charge in [0.15, 0.2) is 0 Å². The van der Waals surface area contributed by atoms with E-state index in [0.29, 0.717) is 0 Å². The molecule has 0 fully saturated rings. The first-order valence-electron chi connectivity index (χ1n) is 7.58. The van der Waals surface area contributed by atoms with Crippen molar-refractivity contribution in [2.24, 2.45) is 0 Å². The molecule has 2 nitrogen and oxygen atoms in total. The van der Waals surface area contributed by atoms with Gasteiger partial charge >= 0.3 is 0 Å². The maximum Gasteiger partial charge on any atom is 0.0880 e. The molecule has 2 heteroatoms. The fourth-order valence-corrected chi connectivity index (χ4v) is 2.55. The summed E-state index contributed by atoms with van der Waals surface area (Å²) in [5.41, 5.74) is 1.20. The van der Waals surface area contributed by atoms with Gasteiger partial charge in [-0.3, -0.25) is 0 Å². The molecule has 0 heterocycles. The molecule has 0 aromatic heterocycles. The summed E-state index contributed by atoms with van der Waals surface area (Å²) in [4.78, 5) is 0. The summed E-state index contributed by atoms with van der Waals surface area (Å²) >= 11 is 0. The van der Waals surface area contributed by atoms with Gasteiger partial charge in [-0.05, 0) is 74.1 Å². The smallest absolute Gasteiger partial charge is 0.0880 e. The second kappa shape index (κ2) is 6.41. The van der Waals surface area contributed by atoms with Crippen molar-refractivity contribution < 1.29 is 9.47 Å². The number of hydrogen-bond acceptors (Lipinski definition) is 2. The van der Waals surface area contributed by atoms with Gasteiger partial charge in [-0.25, -0.2) is 0 Å². The Kier molecular flexibility index (Phi) is 5.64. The number of hydrogen-bond donors (Lipinski definition) is 0. The Morgan fingerprint density at radius 3 is 2.00 bits per heavy atom. The normalized spacial score (nSPS) is 29.3. The van der Waals surface area contributed by atoms with E-state index in [4.69, 9.17) is 9.47 Å². The Labute approximate surface area is 119 Å². The third kappa shape index (κ3) is 7.12. The summed E-state index contributed by atoms with van der Waals surface area (Å²) in [5.74, 6) is 0. The van der Waals surface area contributed by atoms with Crippen molar-refractivity contribution in [1.29, 1.82) is 0 Å². The van der Waals surface area contributed by atoms with Crippen molar-refractivity contribution in [2.75, 3.05) is 0 Å². The zero-order valence-corrected chi connectivity index (χ0v) is 13.9. The van der Waals surface area contributed by atoms with Crippen LogP contribution in [0.1, 0.15) is 74.1 Å². The molecule has 0 spiro atoms. The molecule has 1 aliphatic carbocycles. The highest BCUT2D eigenvalue weighted by Crippen LogP contribution is 2.28. The van der Waals surface area contributed by atoms with Crippen LogP contribution in [0.4, 0.5) is 0 Å². The number of rotatable bonds is 2. The van der Waals surface area contributed by atoms with Crippen molar-refractivity contribution in [3.05, 3.63) is 11.6 Å². The fraction of sp³-hybridized carbons (Fsp3) is 0.882. The van der Waals surface area contributed by atoms with E-state index in [1.807, 2.05) is 0 Å². The molecule has 1 rings (SSSR count). The highest BCUT2D eigenvalue weighted by Gasteiger charge is 2.31. The Morgan fingerprint density at radius 2 is 1.47 bits per heavy atom. The molecule has 112 valence electrons. The van der Waals surface area contributed by atoms with Crippen molar-refractivity contribution in [3.63, 3.8) is 0 Å². The minimum atomic E-state index is -0.121. The molecule has 2 atom stereocenters. The van der Waals surface area contributed by atoms with E-state index in [2.05, 4.69) is 54.5 Å². The molecule has 0 N–H and O–H groups in total. The minimum absolute atomic E-state index is 0.110. The van der Waals surface area contributed by atoms with Crippen LogP contribution in [0.5, 0.6) is 0 Å². The molecule has 19 heavy (non-hydrogen) atoms. The monoisotopic (exact) mass is 268 g/mol. The van der Waals surface area contributed by atoms with Gasteiger partial charge in [0.05, 0.1) is 23.4 Å². The summed E-state index contributed by atoms with van der Waals surface area (Å²) in [5, 5.41) is 0. The van der Waals surface area contributed by atoms with Gasteiger partial charge < -0.3 is 9.47 Å². The van der Waals surface area contributed by atoms with Crippen LogP contribution in [0.15, 0.2) is 11.6 Å². The van der Waals surface area contributed by atoms with Gasteiger partial charge in [0, 0.05) is 0 Å². The summed E-state index contributed by atoms with van der Waals surface area (Å²) < 4.78 is 12.5. The third-order valence-electron chi connectivity index (χ3n) is 3.13. The molecule has 0 aromatic carbocycles. The summed E-state index contributed by atoms with van der Waals surface area (Å²) in [6.45, 7) is 15.0. The average molecular weight is 268 g/mol. The largest absolute Gasteiger partial charge is 0.370 e. The average Bonchev–Trinajstić information content (AvgIpc) is 2.16. The lowest BCUT2D eigenvalue weighted by atomic mass is 9.94. The molecule has 1 aliphatic rings. The first kappa shape index (κ1) is 16.7. The second-order valence-corrected chi connectivity index (χ2v) is 7.72. The lowest BCUT2D eigenvalue weighted by molar-refractivity contribution is -0.165. The Morgan fingerprint density at radius 1 is 0.947 bits per heavy atom. The van der Waals surface area contributed by atoms with Gasteiger partial charge in [-0.2, -0.15) is 0 Å². The lowest BCUT2D eigenvalue weighted by Gasteiger charge is -2.37. The summed E-state index contributed by atoms with van der Waals surface area (Å²) in [7, 11) is 0. The van der Waals surface area contributed by atoms with Gasteiger partial charge in [0.25, 0.3) is 0 Å². The molecular formula is C17H32O2. The first-order valence-corrected chi connectivity index (χ1v) is 7.58.